The Bertz CT molecular complexity index is 791. The molecule has 1 atom stereocenters. The van der Waals surface area contributed by atoms with Crippen LogP contribution in [0, 0.1) is 0 Å². The monoisotopic (exact) mass is 414 g/mol. The van der Waals surface area contributed by atoms with E-state index in [-0.39, 0.29) is 21.4 Å². The minimum atomic E-state index is -4.47. The molecule has 0 saturated heterocycles. The van der Waals surface area contributed by atoms with Crippen molar-refractivity contribution in [3.05, 3.63) is 75.3 Å². The van der Waals surface area contributed by atoms with Gasteiger partial charge in [0.2, 0.25) is 0 Å². The number of benzene rings is 2. The first kappa shape index (κ1) is 21.5. The molecule has 144 valence electrons. The topological polar surface area (TPSA) is 17.1 Å². The third kappa shape index (κ3) is 6.71. The minimum absolute atomic E-state index is 0.00838. The van der Waals surface area contributed by atoms with Gasteiger partial charge in [0.15, 0.2) is 0 Å². The van der Waals surface area contributed by atoms with Gasteiger partial charge in [-0.05, 0) is 41.3 Å². The molecule has 2 aromatic carbocycles. The van der Waals surface area contributed by atoms with Crippen LogP contribution in [-0.2, 0) is 11.2 Å². The van der Waals surface area contributed by atoms with Crippen LogP contribution >= 0.6 is 23.2 Å². The molecule has 0 saturated carbocycles. The van der Waals surface area contributed by atoms with Crippen molar-refractivity contribution < 1.29 is 18.0 Å². The lowest BCUT2D eigenvalue weighted by molar-refractivity contribution is -0.139. The zero-order valence-corrected chi connectivity index (χ0v) is 16.2. The summed E-state index contributed by atoms with van der Waals surface area (Å²) in [6, 6.07) is 11.0. The number of Topliss-reactive ketones (excluding diaryl/α,β-unsaturated/α-hetero) is 1. The van der Waals surface area contributed by atoms with Crippen molar-refractivity contribution in [2.24, 2.45) is 0 Å². The number of aryl methyl sites for hydroxylation is 1. The second-order valence-electron chi connectivity index (χ2n) is 6.21. The van der Waals surface area contributed by atoms with Crippen LogP contribution in [-0.4, -0.2) is 12.0 Å². The van der Waals surface area contributed by atoms with Crippen LogP contribution in [0.5, 0.6) is 0 Å². The maximum Gasteiger partial charge on any atom is 0.399 e. The lowest BCUT2D eigenvalue weighted by atomic mass is 9.96. The zero-order valence-electron chi connectivity index (χ0n) is 14.7. The highest BCUT2D eigenvalue weighted by Gasteiger charge is 2.39. The van der Waals surface area contributed by atoms with Crippen molar-refractivity contribution in [2.45, 2.75) is 38.3 Å². The van der Waals surface area contributed by atoms with Crippen LogP contribution < -0.4 is 0 Å². The molecule has 27 heavy (non-hydrogen) atoms. The first-order chi connectivity index (χ1) is 12.7. The molecule has 0 bridgehead atoms. The van der Waals surface area contributed by atoms with E-state index in [9.17, 15) is 18.0 Å². The van der Waals surface area contributed by atoms with Crippen LogP contribution in [0.2, 0.25) is 10.0 Å². The summed E-state index contributed by atoms with van der Waals surface area (Å²) in [6.07, 6.45) is -0.343. The third-order valence-electron chi connectivity index (χ3n) is 4.14. The number of halogens is 5. The molecule has 0 aliphatic carbocycles. The highest BCUT2D eigenvalue weighted by Crippen LogP contribution is 2.38. The average molecular weight is 415 g/mol. The molecule has 6 heteroatoms. The summed E-state index contributed by atoms with van der Waals surface area (Å²) in [5.41, 5.74) is 1.61. The van der Waals surface area contributed by atoms with Crippen molar-refractivity contribution >= 4 is 35.1 Å². The van der Waals surface area contributed by atoms with Crippen LogP contribution in [0.15, 0.2) is 48.5 Å². The first-order valence-corrected chi connectivity index (χ1v) is 9.26. The van der Waals surface area contributed by atoms with Gasteiger partial charge in [-0.25, -0.2) is 0 Å². The molecule has 2 aromatic rings. The molecular weight excluding hydrogens is 396 g/mol. The van der Waals surface area contributed by atoms with Gasteiger partial charge in [0.05, 0.1) is 5.92 Å². The minimum Gasteiger partial charge on any atom is -0.300 e. The maximum absolute atomic E-state index is 13.5. The quantitative estimate of drug-likeness (QED) is 0.465. The van der Waals surface area contributed by atoms with Gasteiger partial charge in [0.25, 0.3) is 0 Å². The van der Waals surface area contributed by atoms with E-state index in [1.165, 1.54) is 24.3 Å². The van der Waals surface area contributed by atoms with E-state index in [1.807, 2.05) is 19.1 Å². The molecule has 2 rings (SSSR count). The van der Waals surface area contributed by atoms with Gasteiger partial charge in [-0.1, -0.05) is 66.5 Å². The smallest absolute Gasteiger partial charge is 0.300 e. The number of hydrogen-bond acceptors (Lipinski definition) is 1. The van der Waals surface area contributed by atoms with E-state index >= 15 is 0 Å². The van der Waals surface area contributed by atoms with E-state index in [1.54, 1.807) is 12.1 Å². The highest BCUT2D eigenvalue weighted by molar-refractivity contribution is 6.34. The van der Waals surface area contributed by atoms with Crippen molar-refractivity contribution in [3.63, 3.8) is 0 Å². The molecule has 0 fully saturated rings. The van der Waals surface area contributed by atoms with E-state index in [4.69, 9.17) is 23.2 Å². The number of hydrogen-bond donors (Lipinski definition) is 0. The molecule has 0 aromatic heterocycles. The molecule has 1 nitrogen and oxygen atoms in total. The van der Waals surface area contributed by atoms with Gasteiger partial charge in [-0.2, -0.15) is 13.2 Å². The average Bonchev–Trinajstić information content (AvgIpc) is 2.59. The Kier molecular flexibility index (Phi) is 7.51. The van der Waals surface area contributed by atoms with Gasteiger partial charge < -0.3 is 0 Å². The summed E-state index contributed by atoms with van der Waals surface area (Å²) in [5.74, 6) is -1.62. The number of carbonyl (C=O) groups excluding carboxylic acids is 1. The van der Waals surface area contributed by atoms with Crippen LogP contribution in [0.1, 0.15) is 42.4 Å². The van der Waals surface area contributed by atoms with E-state index < -0.39 is 12.1 Å². The molecule has 0 aliphatic rings. The van der Waals surface area contributed by atoms with E-state index in [2.05, 4.69) is 0 Å². The Labute approximate surface area is 166 Å². The summed E-state index contributed by atoms with van der Waals surface area (Å²) >= 11 is 11.7. The molecule has 0 amide bonds. The third-order valence-corrected chi connectivity index (χ3v) is 4.58. The Morgan fingerprint density at radius 1 is 1.07 bits per heavy atom. The van der Waals surface area contributed by atoms with Gasteiger partial charge in [-0.15, -0.1) is 0 Å². The van der Waals surface area contributed by atoms with Gasteiger partial charge in [0.1, 0.15) is 5.78 Å². The standard InChI is InChI=1S/C21H19Cl2F3O/c1-2-19(27)9-7-14-3-5-15(6-4-14)8-10-20(21(24,25)26)16-11-17(22)13-18(23)12-16/h3-6,8,10-13,20H,2,7,9H2,1H3/b10-8+. The Hall–Kier alpha value is -1.78. The fraction of sp³-hybridized carbons (Fsp3) is 0.286. The number of ketones is 1. The van der Waals surface area contributed by atoms with Crippen LogP contribution in [0.3, 0.4) is 0 Å². The summed E-state index contributed by atoms with van der Waals surface area (Å²) in [5, 5.41) is 0.317. The molecular formula is C21H19Cl2F3O. The second kappa shape index (κ2) is 9.43. The number of rotatable bonds is 7. The fourth-order valence-electron chi connectivity index (χ4n) is 2.63. The predicted molar refractivity (Wildman–Crippen MR) is 104 cm³/mol. The highest BCUT2D eigenvalue weighted by atomic mass is 35.5. The van der Waals surface area contributed by atoms with Crippen molar-refractivity contribution in [1.29, 1.82) is 0 Å². The molecule has 0 spiro atoms. The van der Waals surface area contributed by atoms with Gasteiger partial charge in [0, 0.05) is 22.9 Å². The summed E-state index contributed by atoms with van der Waals surface area (Å²) in [6.45, 7) is 1.82. The fourth-order valence-corrected chi connectivity index (χ4v) is 3.17. The van der Waals surface area contributed by atoms with Gasteiger partial charge >= 0.3 is 6.18 Å². The van der Waals surface area contributed by atoms with E-state index in [0.717, 1.165) is 11.6 Å². The number of carbonyl (C=O) groups is 1. The summed E-state index contributed by atoms with van der Waals surface area (Å²) in [4.78, 5) is 11.4. The lowest BCUT2D eigenvalue weighted by Gasteiger charge is -2.18. The largest absolute Gasteiger partial charge is 0.399 e. The zero-order chi connectivity index (χ0) is 20.0. The van der Waals surface area contributed by atoms with Crippen LogP contribution in [0.25, 0.3) is 6.08 Å². The van der Waals surface area contributed by atoms with Crippen molar-refractivity contribution in [1.82, 2.24) is 0 Å². The molecule has 0 aliphatic heterocycles. The lowest BCUT2D eigenvalue weighted by Crippen LogP contribution is -2.18. The van der Waals surface area contributed by atoms with E-state index in [0.29, 0.717) is 24.8 Å². The second-order valence-corrected chi connectivity index (χ2v) is 7.09. The van der Waals surface area contributed by atoms with Crippen LogP contribution in [0.4, 0.5) is 13.2 Å². The summed E-state index contributed by atoms with van der Waals surface area (Å²) in [7, 11) is 0. The Balaban J connectivity index is 2.17. The predicted octanol–water partition coefficient (Wildman–Crippen LogP) is 7.26. The summed E-state index contributed by atoms with van der Waals surface area (Å²) < 4.78 is 40.4. The molecule has 0 N–H and O–H groups in total. The maximum atomic E-state index is 13.5. The number of alkyl halides is 3. The van der Waals surface area contributed by atoms with Crippen molar-refractivity contribution in [2.75, 3.05) is 0 Å². The normalized spacial score (nSPS) is 13.1. The molecule has 0 radical (unpaired) electrons. The Morgan fingerprint density at radius 2 is 1.67 bits per heavy atom. The molecule has 1 unspecified atom stereocenters. The Morgan fingerprint density at radius 3 is 2.19 bits per heavy atom. The van der Waals surface area contributed by atoms with Gasteiger partial charge in [-0.3, -0.25) is 4.79 Å². The molecule has 0 heterocycles. The first-order valence-electron chi connectivity index (χ1n) is 8.50. The van der Waals surface area contributed by atoms with Crippen molar-refractivity contribution in [3.8, 4) is 0 Å². The SMILES string of the molecule is CCC(=O)CCc1ccc(/C=C/C(c2cc(Cl)cc(Cl)c2)C(F)(F)F)cc1. The number of allylic oxidation sites excluding steroid dienone is 1.